The van der Waals surface area contributed by atoms with E-state index in [4.69, 9.17) is 18.9 Å². The summed E-state index contributed by atoms with van der Waals surface area (Å²) in [6.07, 6.45) is 1.45. The molecule has 2 heterocycles. The molecule has 2 amide bonds. The van der Waals surface area contributed by atoms with Crippen molar-refractivity contribution in [3.63, 3.8) is 0 Å². The van der Waals surface area contributed by atoms with Gasteiger partial charge in [-0.2, -0.15) is 0 Å². The summed E-state index contributed by atoms with van der Waals surface area (Å²) >= 11 is 0. The van der Waals surface area contributed by atoms with Crippen LogP contribution in [0.4, 0.5) is 5.69 Å². The second-order valence-corrected chi connectivity index (χ2v) is 7.49. The highest BCUT2D eigenvalue weighted by atomic mass is 16.5. The normalized spacial score (nSPS) is 17.7. The molecule has 2 aromatic carbocycles. The topological polar surface area (TPSA) is 77.5 Å². The van der Waals surface area contributed by atoms with E-state index in [1.54, 1.807) is 42.2 Å². The van der Waals surface area contributed by atoms with Gasteiger partial charge in [-0.15, -0.1) is 0 Å². The molecule has 0 unspecified atom stereocenters. The van der Waals surface area contributed by atoms with Crippen LogP contribution in [-0.2, 0) is 11.3 Å². The fraction of sp³-hybridized carbons (Fsp3) is 0.391. The van der Waals surface area contributed by atoms with Crippen LogP contribution in [0.5, 0.6) is 23.0 Å². The molecule has 2 aromatic rings. The minimum atomic E-state index is -0.475. The molecule has 1 atom stereocenters. The number of hydrogen-bond donors (Lipinski definition) is 0. The first kappa shape index (κ1) is 20.8. The van der Waals surface area contributed by atoms with E-state index < -0.39 is 6.04 Å². The molecule has 0 saturated carbocycles. The van der Waals surface area contributed by atoms with Gasteiger partial charge in [-0.05, 0) is 36.6 Å². The minimum Gasteiger partial charge on any atom is -0.493 e. The van der Waals surface area contributed by atoms with E-state index in [9.17, 15) is 9.59 Å². The SMILES string of the molecule is COc1ccc(CN2C(=O)[C@@H]3CCCN3C(=O)c3cc(OC)c(OC)cc32)cc1OC. The van der Waals surface area contributed by atoms with Gasteiger partial charge in [0.2, 0.25) is 5.91 Å². The first-order valence-electron chi connectivity index (χ1n) is 10.1. The Morgan fingerprint density at radius 3 is 2.19 bits per heavy atom. The average molecular weight is 426 g/mol. The van der Waals surface area contributed by atoms with E-state index in [-0.39, 0.29) is 18.4 Å². The minimum absolute atomic E-state index is 0.105. The number of amides is 2. The quantitative estimate of drug-likeness (QED) is 0.707. The lowest BCUT2D eigenvalue weighted by molar-refractivity contribution is -0.122. The number of benzene rings is 2. The van der Waals surface area contributed by atoms with Crippen molar-refractivity contribution in [3.05, 3.63) is 41.5 Å². The maximum absolute atomic E-state index is 13.6. The average Bonchev–Trinajstić information content (AvgIpc) is 3.28. The molecule has 0 aromatic heterocycles. The molecule has 0 radical (unpaired) electrons. The molecule has 164 valence electrons. The molecular formula is C23H26N2O6. The van der Waals surface area contributed by atoms with Crippen LogP contribution in [0.25, 0.3) is 0 Å². The Kier molecular flexibility index (Phi) is 5.63. The largest absolute Gasteiger partial charge is 0.493 e. The number of nitrogens with zero attached hydrogens (tertiary/aromatic N) is 2. The number of rotatable bonds is 6. The van der Waals surface area contributed by atoms with Crippen LogP contribution in [0.2, 0.25) is 0 Å². The molecule has 0 spiro atoms. The lowest BCUT2D eigenvalue weighted by atomic mass is 10.1. The van der Waals surface area contributed by atoms with Gasteiger partial charge in [0.15, 0.2) is 23.0 Å². The molecule has 31 heavy (non-hydrogen) atoms. The molecular weight excluding hydrogens is 400 g/mol. The molecule has 1 saturated heterocycles. The first-order chi connectivity index (χ1) is 15.0. The molecule has 8 heteroatoms. The van der Waals surface area contributed by atoms with Crippen LogP contribution in [0.15, 0.2) is 30.3 Å². The smallest absolute Gasteiger partial charge is 0.256 e. The Labute approximate surface area is 181 Å². The van der Waals surface area contributed by atoms with Crippen molar-refractivity contribution in [2.45, 2.75) is 25.4 Å². The fourth-order valence-electron chi connectivity index (χ4n) is 4.31. The molecule has 1 fully saturated rings. The standard InChI is InChI=1S/C23H26N2O6/c1-28-18-8-7-14(10-19(18)29-2)13-25-17-12-21(31-4)20(30-3)11-15(17)22(26)24-9-5-6-16(24)23(25)27/h7-8,10-12,16H,5-6,9,13H2,1-4H3/t16-/m0/s1. The van der Waals surface area contributed by atoms with Crippen LogP contribution in [0.1, 0.15) is 28.8 Å². The van der Waals surface area contributed by atoms with E-state index in [1.807, 2.05) is 12.1 Å². The third-order valence-electron chi connectivity index (χ3n) is 5.88. The summed E-state index contributed by atoms with van der Waals surface area (Å²) in [5, 5.41) is 0. The number of hydrogen-bond acceptors (Lipinski definition) is 6. The summed E-state index contributed by atoms with van der Waals surface area (Å²) in [6.45, 7) is 0.840. The van der Waals surface area contributed by atoms with Crippen LogP contribution < -0.4 is 23.8 Å². The maximum atomic E-state index is 13.6. The van der Waals surface area contributed by atoms with Crippen LogP contribution in [-0.4, -0.2) is 57.7 Å². The number of anilines is 1. The van der Waals surface area contributed by atoms with Crippen molar-refractivity contribution >= 4 is 17.5 Å². The van der Waals surface area contributed by atoms with Crippen molar-refractivity contribution < 1.29 is 28.5 Å². The van der Waals surface area contributed by atoms with Gasteiger partial charge in [0.05, 0.1) is 46.2 Å². The Balaban J connectivity index is 1.83. The second-order valence-electron chi connectivity index (χ2n) is 7.49. The third-order valence-corrected chi connectivity index (χ3v) is 5.88. The summed E-state index contributed by atoms with van der Waals surface area (Å²) in [5.74, 6) is 1.82. The first-order valence-corrected chi connectivity index (χ1v) is 10.1. The number of ether oxygens (including phenoxy) is 4. The predicted molar refractivity (Wildman–Crippen MR) is 114 cm³/mol. The van der Waals surface area contributed by atoms with Gasteiger partial charge < -0.3 is 28.7 Å². The summed E-state index contributed by atoms with van der Waals surface area (Å²) in [7, 11) is 6.20. The summed E-state index contributed by atoms with van der Waals surface area (Å²) in [6, 6.07) is 8.41. The van der Waals surface area contributed by atoms with Crippen molar-refractivity contribution in [1.29, 1.82) is 0 Å². The Morgan fingerprint density at radius 2 is 1.52 bits per heavy atom. The van der Waals surface area contributed by atoms with Gasteiger partial charge in [-0.25, -0.2) is 0 Å². The number of methoxy groups -OCH3 is 4. The molecule has 4 rings (SSSR count). The summed E-state index contributed by atoms with van der Waals surface area (Å²) in [5.41, 5.74) is 1.79. The molecule has 0 bridgehead atoms. The highest BCUT2D eigenvalue weighted by Crippen LogP contribution is 2.40. The number of carbonyl (C=O) groups excluding carboxylic acids is 2. The number of fused-ring (bicyclic) bond motifs is 2. The summed E-state index contributed by atoms with van der Waals surface area (Å²) < 4.78 is 21.6. The zero-order chi connectivity index (χ0) is 22.1. The zero-order valence-corrected chi connectivity index (χ0v) is 18.1. The van der Waals surface area contributed by atoms with E-state index in [0.29, 0.717) is 47.2 Å². The van der Waals surface area contributed by atoms with Gasteiger partial charge in [-0.1, -0.05) is 6.07 Å². The Morgan fingerprint density at radius 1 is 0.871 bits per heavy atom. The molecule has 8 nitrogen and oxygen atoms in total. The van der Waals surface area contributed by atoms with Gasteiger partial charge in [0.25, 0.3) is 5.91 Å². The third kappa shape index (κ3) is 3.52. The van der Waals surface area contributed by atoms with Gasteiger partial charge in [-0.3, -0.25) is 9.59 Å². The summed E-state index contributed by atoms with van der Waals surface area (Å²) in [4.78, 5) is 30.2. The second kappa shape index (κ2) is 8.37. The highest BCUT2D eigenvalue weighted by Gasteiger charge is 2.42. The van der Waals surface area contributed by atoms with Gasteiger partial charge >= 0.3 is 0 Å². The molecule has 2 aliphatic rings. The van der Waals surface area contributed by atoms with Gasteiger partial charge in [0, 0.05) is 12.6 Å². The molecule has 0 N–H and O–H groups in total. The van der Waals surface area contributed by atoms with Gasteiger partial charge in [0.1, 0.15) is 6.04 Å². The van der Waals surface area contributed by atoms with Crippen LogP contribution in [0.3, 0.4) is 0 Å². The highest BCUT2D eigenvalue weighted by molar-refractivity contribution is 6.11. The molecule has 2 aliphatic heterocycles. The molecule has 0 aliphatic carbocycles. The van der Waals surface area contributed by atoms with E-state index in [2.05, 4.69) is 0 Å². The predicted octanol–water partition coefficient (Wildman–Crippen LogP) is 2.87. The van der Waals surface area contributed by atoms with Crippen molar-refractivity contribution in [1.82, 2.24) is 4.90 Å². The number of carbonyl (C=O) groups is 2. The lowest BCUT2D eigenvalue weighted by Crippen LogP contribution is -2.44. The van der Waals surface area contributed by atoms with E-state index in [1.165, 1.54) is 14.2 Å². The Hall–Kier alpha value is -3.42. The fourth-order valence-corrected chi connectivity index (χ4v) is 4.31. The Bertz CT molecular complexity index is 1020. The van der Waals surface area contributed by atoms with Crippen molar-refractivity contribution in [3.8, 4) is 23.0 Å². The van der Waals surface area contributed by atoms with Crippen LogP contribution in [0, 0.1) is 0 Å². The maximum Gasteiger partial charge on any atom is 0.256 e. The lowest BCUT2D eigenvalue weighted by Gasteiger charge is -2.26. The van der Waals surface area contributed by atoms with Crippen molar-refractivity contribution in [2.75, 3.05) is 39.9 Å². The van der Waals surface area contributed by atoms with E-state index >= 15 is 0 Å². The van der Waals surface area contributed by atoms with Crippen LogP contribution >= 0.6 is 0 Å². The van der Waals surface area contributed by atoms with E-state index in [0.717, 1.165) is 12.0 Å². The van der Waals surface area contributed by atoms with Crippen molar-refractivity contribution in [2.24, 2.45) is 0 Å². The monoisotopic (exact) mass is 426 g/mol. The zero-order valence-electron chi connectivity index (χ0n) is 18.1.